The van der Waals surface area contributed by atoms with Gasteiger partial charge in [-0.3, -0.25) is 4.79 Å². The van der Waals surface area contributed by atoms with E-state index in [4.69, 9.17) is 47.0 Å². The number of carbonyl (C=O) groups excluding carboxylic acids is 1. The highest BCUT2D eigenvalue weighted by Crippen LogP contribution is 2.41. The number of fused-ring (bicyclic) bond motifs is 1. The third-order valence-electron chi connectivity index (χ3n) is 13.1. The summed E-state index contributed by atoms with van der Waals surface area (Å²) < 4.78 is 58.6. The fourth-order valence-electron chi connectivity index (χ4n) is 8.83. The van der Waals surface area contributed by atoms with E-state index in [-0.39, 0.29) is 11.3 Å². The minimum absolute atomic E-state index is 0.108. The van der Waals surface area contributed by atoms with Gasteiger partial charge >= 0.3 is 5.97 Å². The molecule has 1 aromatic heterocycles. The zero-order valence-corrected chi connectivity index (χ0v) is 39.6. The second kappa shape index (κ2) is 23.4. The maximum absolute atomic E-state index is 14.6. The number of hydrogen-bond donors (Lipinski definition) is 16. The smallest absolute Gasteiger partial charge is 0.331 e. The SMILES string of the molecule is C[C@@H]1O[C@@H](OC[C@H]2O[C@@H](Oc3c(-c4ccc(O)c(O)c4)oc4cc(O)cc(O)c4c3=O)[C@H](OC(=O)/C=C/c3ccc(O)cc3)[C@@H](O[C@@H]3O[C@H](CO)[C@@H](O)[C@H](O)[C@H]3O)[C@@H]2O)[C@H](O)[C@H](O[C@@H]2O[C@H](CO)[C@@H](O)[C@H](O)[C@H]2O)[C@H]1O. The number of phenols is 5. The van der Waals surface area contributed by atoms with Crippen LogP contribution in [0.4, 0.5) is 0 Å². The molecule has 20 atom stereocenters. The predicted molar refractivity (Wildman–Crippen MR) is 246 cm³/mol. The van der Waals surface area contributed by atoms with Gasteiger partial charge in [0, 0.05) is 23.8 Å². The van der Waals surface area contributed by atoms with Crippen molar-refractivity contribution in [2.75, 3.05) is 19.8 Å². The Balaban J connectivity index is 1.19. The Morgan fingerprint density at radius 2 is 1.18 bits per heavy atom. The first-order chi connectivity index (χ1) is 36.1. The van der Waals surface area contributed by atoms with Gasteiger partial charge in [-0.1, -0.05) is 12.1 Å². The van der Waals surface area contributed by atoms with Crippen LogP contribution >= 0.6 is 0 Å². The molecule has 76 heavy (non-hydrogen) atoms. The number of benzene rings is 3. The second-order valence-corrected chi connectivity index (χ2v) is 18.2. The quantitative estimate of drug-likeness (QED) is 0.0306. The monoisotopic (exact) mass is 1080 g/mol. The molecule has 0 radical (unpaired) electrons. The lowest BCUT2D eigenvalue weighted by atomic mass is 9.96. The van der Waals surface area contributed by atoms with Crippen molar-refractivity contribution in [3.8, 4) is 45.8 Å². The van der Waals surface area contributed by atoms with Gasteiger partial charge in [-0.05, 0) is 48.9 Å². The summed E-state index contributed by atoms with van der Waals surface area (Å²) in [7, 11) is 0. The van der Waals surface area contributed by atoms with Crippen molar-refractivity contribution in [3.63, 3.8) is 0 Å². The van der Waals surface area contributed by atoms with Crippen LogP contribution in [0.25, 0.3) is 28.4 Å². The van der Waals surface area contributed by atoms with E-state index in [0.29, 0.717) is 5.56 Å². The van der Waals surface area contributed by atoms with Crippen LogP contribution in [0.2, 0.25) is 0 Å². The van der Waals surface area contributed by atoms with Gasteiger partial charge < -0.3 is 129 Å². The molecule has 416 valence electrons. The van der Waals surface area contributed by atoms with Crippen LogP contribution in [0.1, 0.15) is 12.5 Å². The van der Waals surface area contributed by atoms with Crippen molar-refractivity contribution in [1.29, 1.82) is 0 Å². The summed E-state index contributed by atoms with van der Waals surface area (Å²) in [5, 5.41) is 169. The number of aliphatic hydroxyl groups is 11. The third-order valence-corrected chi connectivity index (χ3v) is 13.1. The molecule has 0 aliphatic carbocycles. The molecule has 4 fully saturated rings. The van der Waals surface area contributed by atoms with Crippen molar-refractivity contribution in [2.24, 2.45) is 0 Å². The number of rotatable bonds is 15. The minimum atomic E-state index is -2.28. The van der Waals surface area contributed by atoms with Crippen LogP contribution in [0.15, 0.2) is 69.9 Å². The fraction of sp³-hybridized carbons (Fsp3) is 0.500. The van der Waals surface area contributed by atoms with Crippen LogP contribution in [0.3, 0.4) is 0 Å². The third kappa shape index (κ3) is 11.5. The molecule has 5 heterocycles. The molecular weight excluding hydrogens is 1020 g/mol. The molecule has 0 bridgehead atoms. The van der Waals surface area contributed by atoms with E-state index in [9.17, 15) is 91.3 Å². The standard InChI is InChI=1S/C48H56O28/c1-16-30(57)41(74-46-37(64)35(62)31(58)25(13-49)70-46)39(66)45(68-16)67-15-27-33(60)42(75-47-38(65)36(63)32(59)26(14-50)71-47)44(73-28(56)9-4-17-2-6-19(51)7-3-17)48(72-27)76-43-34(61)29-23(55)11-20(52)12-24(29)69-40(43)18-5-8-21(53)22(54)10-18/h2-12,16,25-27,30-33,35-39,41-42,44-55,57-60,62-66H,13-15H2,1H3/b9-4+/t16-,25+,26+,27+,30-,31+,32+,33+,35-,36-,37+,38+,39+,41+,42-,44+,45+,46-,47-,48-/m0/s1. The highest BCUT2D eigenvalue weighted by atomic mass is 16.8. The Kier molecular flexibility index (Phi) is 17.4. The Labute approximate surface area is 427 Å². The van der Waals surface area contributed by atoms with Crippen LogP contribution in [0, 0.1) is 0 Å². The largest absolute Gasteiger partial charge is 0.508 e. The number of aliphatic hydroxyl groups excluding tert-OH is 11. The first-order valence-electron chi connectivity index (χ1n) is 23.4. The molecule has 28 heteroatoms. The topological polar surface area (TPSA) is 454 Å². The number of hydrogen-bond acceptors (Lipinski definition) is 28. The Hall–Kier alpha value is -5.84. The summed E-state index contributed by atoms with van der Waals surface area (Å²) in [5.41, 5.74) is -1.52. The summed E-state index contributed by atoms with van der Waals surface area (Å²) >= 11 is 0. The van der Waals surface area contributed by atoms with E-state index < -0.39 is 200 Å². The Morgan fingerprint density at radius 3 is 1.79 bits per heavy atom. The van der Waals surface area contributed by atoms with Gasteiger partial charge in [0.05, 0.1) is 25.9 Å². The lowest BCUT2D eigenvalue weighted by Crippen LogP contribution is -2.66. The number of carbonyl (C=O) groups is 1. The second-order valence-electron chi connectivity index (χ2n) is 18.2. The van der Waals surface area contributed by atoms with E-state index in [2.05, 4.69) is 0 Å². The van der Waals surface area contributed by atoms with Gasteiger partial charge in [0.2, 0.25) is 17.5 Å². The number of esters is 1. The molecule has 16 N–H and O–H groups in total. The van der Waals surface area contributed by atoms with E-state index in [1.165, 1.54) is 37.3 Å². The number of ether oxygens (including phenoxy) is 9. The van der Waals surface area contributed by atoms with E-state index >= 15 is 0 Å². The molecule has 4 aromatic rings. The highest BCUT2D eigenvalue weighted by molar-refractivity contribution is 5.89. The van der Waals surface area contributed by atoms with E-state index in [1.807, 2.05) is 0 Å². The number of aromatic hydroxyl groups is 5. The molecule has 0 amide bonds. The average Bonchev–Trinajstić information content (AvgIpc) is 3.41. The van der Waals surface area contributed by atoms with Gasteiger partial charge in [-0.15, -0.1) is 0 Å². The maximum Gasteiger partial charge on any atom is 0.331 e. The van der Waals surface area contributed by atoms with Crippen molar-refractivity contribution in [3.05, 3.63) is 76.5 Å². The lowest BCUT2D eigenvalue weighted by Gasteiger charge is -2.47. The van der Waals surface area contributed by atoms with Gasteiger partial charge in [0.1, 0.15) is 114 Å². The first kappa shape index (κ1) is 56.4. The van der Waals surface area contributed by atoms with E-state index in [1.54, 1.807) is 0 Å². The highest BCUT2D eigenvalue weighted by Gasteiger charge is 2.55. The summed E-state index contributed by atoms with van der Waals surface area (Å²) in [6, 6.07) is 10.3. The van der Waals surface area contributed by atoms with Crippen LogP contribution < -0.4 is 10.2 Å². The summed E-state index contributed by atoms with van der Waals surface area (Å²) in [6.07, 6.45) is -36.2. The van der Waals surface area contributed by atoms with Crippen LogP contribution in [-0.4, -0.2) is 230 Å². The van der Waals surface area contributed by atoms with Crippen LogP contribution in [0.5, 0.6) is 34.5 Å². The molecular formula is C48H56O28. The Morgan fingerprint density at radius 1 is 0.579 bits per heavy atom. The van der Waals surface area contributed by atoms with Crippen molar-refractivity contribution >= 4 is 23.0 Å². The van der Waals surface area contributed by atoms with Crippen molar-refractivity contribution in [2.45, 2.75) is 130 Å². The van der Waals surface area contributed by atoms with Crippen molar-refractivity contribution in [1.82, 2.24) is 0 Å². The molecule has 0 unspecified atom stereocenters. The normalized spacial score (nSPS) is 36.1. The summed E-state index contributed by atoms with van der Waals surface area (Å²) in [5.74, 6) is -5.65. The van der Waals surface area contributed by atoms with Gasteiger partial charge in [-0.2, -0.15) is 0 Å². The maximum atomic E-state index is 14.6. The zero-order chi connectivity index (χ0) is 55.0. The van der Waals surface area contributed by atoms with Gasteiger partial charge in [0.15, 0.2) is 42.2 Å². The fourth-order valence-corrected chi connectivity index (χ4v) is 8.83. The van der Waals surface area contributed by atoms with E-state index in [0.717, 1.165) is 36.4 Å². The lowest BCUT2D eigenvalue weighted by molar-refractivity contribution is -0.368. The predicted octanol–water partition coefficient (Wildman–Crippen LogP) is -4.07. The molecule has 3 aromatic carbocycles. The summed E-state index contributed by atoms with van der Waals surface area (Å²) in [4.78, 5) is 28.5. The van der Waals surface area contributed by atoms with Gasteiger partial charge in [-0.25, -0.2) is 4.79 Å². The summed E-state index contributed by atoms with van der Waals surface area (Å²) in [6.45, 7) is -1.44. The first-order valence-corrected chi connectivity index (χ1v) is 23.4. The zero-order valence-electron chi connectivity index (χ0n) is 39.6. The molecule has 4 aliphatic heterocycles. The Bertz CT molecular complexity index is 2730. The molecule has 28 nitrogen and oxygen atoms in total. The molecule has 0 saturated carbocycles. The number of phenolic OH excluding ortho intramolecular Hbond substituents is 5. The molecule has 4 saturated heterocycles. The minimum Gasteiger partial charge on any atom is -0.508 e. The average molecular weight is 1080 g/mol. The molecule has 0 spiro atoms. The van der Waals surface area contributed by atoms with Gasteiger partial charge in [0.25, 0.3) is 0 Å². The molecule has 4 aliphatic rings. The van der Waals surface area contributed by atoms with Crippen LogP contribution in [-0.2, 0) is 42.7 Å². The van der Waals surface area contributed by atoms with Crippen molar-refractivity contribution < 1.29 is 134 Å². The molecule has 8 rings (SSSR count).